The van der Waals surface area contributed by atoms with E-state index in [0.717, 1.165) is 11.5 Å². The Bertz CT molecular complexity index is 351. The molecule has 0 radical (unpaired) electrons. The van der Waals surface area contributed by atoms with Gasteiger partial charge in [-0.1, -0.05) is 11.2 Å². The zero-order chi connectivity index (χ0) is 10.2. The second-order valence-corrected chi connectivity index (χ2v) is 2.55. The van der Waals surface area contributed by atoms with Gasteiger partial charge < -0.3 is 9.15 Å². The predicted octanol–water partition coefficient (Wildman–Crippen LogP) is 2.75. The molecule has 74 valence electrons. The van der Waals surface area contributed by atoms with Gasteiger partial charge in [0, 0.05) is 18.6 Å². The molecule has 0 spiro atoms. The lowest BCUT2D eigenvalue weighted by atomic mass is 10.4. The predicted molar refractivity (Wildman–Crippen MR) is 52.5 cm³/mol. The third kappa shape index (κ3) is 3.35. The van der Waals surface area contributed by atoms with Gasteiger partial charge in [0.25, 0.3) is 0 Å². The van der Waals surface area contributed by atoms with Gasteiger partial charge in [-0.3, -0.25) is 0 Å². The number of azide groups is 1. The fourth-order valence-corrected chi connectivity index (χ4v) is 0.956. The molecule has 1 heterocycles. The van der Waals surface area contributed by atoms with Crippen LogP contribution in [0.25, 0.3) is 16.5 Å². The highest BCUT2D eigenvalue weighted by molar-refractivity contribution is 5.43. The van der Waals surface area contributed by atoms with E-state index < -0.39 is 0 Å². The molecule has 0 N–H and O–H groups in total. The highest BCUT2D eigenvalue weighted by Gasteiger charge is 1.96. The minimum Gasteiger partial charge on any atom is -0.459 e. The quantitative estimate of drug-likeness (QED) is 0.409. The molecule has 1 aromatic heterocycles. The standard InChI is InChI=1S/C9H11N3O2/c1-13-7-9-5-4-8(14-9)3-2-6-11-12-10/h2-5H,6-7H2,1H3. The first-order chi connectivity index (χ1) is 6.86. The molecule has 0 amide bonds. The summed E-state index contributed by atoms with van der Waals surface area (Å²) < 4.78 is 10.3. The first-order valence-electron chi connectivity index (χ1n) is 4.12. The van der Waals surface area contributed by atoms with Crippen molar-refractivity contribution in [1.29, 1.82) is 0 Å². The van der Waals surface area contributed by atoms with Crippen molar-refractivity contribution in [3.05, 3.63) is 40.2 Å². The number of rotatable bonds is 5. The van der Waals surface area contributed by atoms with Crippen LogP contribution >= 0.6 is 0 Å². The Morgan fingerprint density at radius 2 is 2.50 bits per heavy atom. The molecule has 0 aromatic carbocycles. The molecule has 0 bridgehead atoms. The number of hydrogen-bond donors (Lipinski definition) is 0. The molecule has 0 saturated heterocycles. The van der Waals surface area contributed by atoms with Crippen molar-refractivity contribution in [2.24, 2.45) is 5.11 Å². The molecule has 0 aliphatic carbocycles. The monoisotopic (exact) mass is 193 g/mol. The van der Waals surface area contributed by atoms with Crippen LogP contribution in [0.2, 0.25) is 0 Å². The molecular weight excluding hydrogens is 182 g/mol. The van der Waals surface area contributed by atoms with Crippen LogP contribution in [-0.4, -0.2) is 13.7 Å². The molecule has 0 atom stereocenters. The summed E-state index contributed by atoms with van der Waals surface area (Å²) >= 11 is 0. The van der Waals surface area contributed by atoms with Gasteiger partial charge in [-0.25, -0.2) is 0 Å². The highest BCUT2D eigenvalue weighted by atomic mass is 16.5. The molecule has 14 heavy (non-hydrogen) atoms. The maximum atomic E-state index is 8.02. The normalized spacial score (nSPS) is 10.4. The zero-order valence-corrected chi connectivity index (χ0v) is 7.88. The Labute approximate surface area is 81.6 Å². The molecule has 0 unspecified atom stereocenters. The van der Waals surface area contributed by atoms with Gasteiger partial charge in [0.05, 0.1) is 0 Å². The van der Waals surface area contributed by atoms with Gasteiger partial charge in [-0.15, -0.1) is 0 Å². The lowest BCUT2D eigenvalue weighted by Crippen LogP contribution is -1.81. The maximum Gasteiger partial charge on any atom is 0.130 e. The number of ether oxygens (including phenoxy) is 1. The van der Waals surface area contributed by atoms with E-state index in [9.17, 15) is 0 Å². The van der Waals surface area contributed by atoms with Gasteiger partial charge in [-0.05, 0) is 23.7 Å². The molecule has 1 rings (SSSR count). The summed E-state index contributed by atoms with van der Waals surface area (Å²) in [6.07, 6.45) is 3.49. The second kappa shape index (κ2) is 5.85. The van der Waals surface area contributed by atoms with Crippen molar-refractivity contribution in [1.82, 2.24) is 0 Å². The van der Waals surface area contributed by atoms with Crippen LogP contribution in [0.15, 0.2) is 27.7 Å². The average molecular weight is 193 g/mol. The van der Waals surface area contributed by atoms with Crippen molar-refractivity contribution >= 4 is 6.08 Å². The first kappa shape index (κ1) is 10.4. The van der Waals surface area contributed by atoms with E-state index >= 15 is 0 Å². The summed E-state index contributed by atoms with van der Waals surface area (Å²) in [5.74, 6) is 1.50. The van der Waals surface area contributed by atoms with Crippen LogP contribution in [-0.2, 0) is 11.3 Å². The number of hydrogen-bond acceptors (Lipinski definition) is 3. The van der Waals surface area contributed by atoms with E-state index in [0.29, 0.717) is 13.2 Å². The van der Waals surface area contributed by atoms with E-state index in [1.54, 1.807) is 19.3 Å². The molecule has 0 fully saturated rings. The van der Waals surface area contributed by atoms with Gasteiger partial charge in [0.15, 0.2) is 0 Å². The summed E-state index contributed by atoms with van der Waals surface area (Å²) in [4.78, 5) is 2.62. The molecular formula is C9H11N3O2. The molecule has 0 saturated carbocycles. The molecule has 0 aliphatic heterocycles. The SMILES string of the molecule is COCc1ccc(C=CCN=[N+]=[N-])o1. The highest BCUT2D eigenvalue weighted by Crippen LogP contribution is 2.10. The Balaban J connectivity index is 2.50. The van der Waals surface area contributed by atoms with Crippen molar-refractivity contribution in [3.8, 4) is 0 Å². The Hall–Kier alpha value is -1.71. The molecule has 1 aromatic rings. The van der Waals surface area contributed by atoms with Crippen LogP contribution < -0.4 is 0 Å². The van der Waals surface area contributed by atoms with Crippen LogP contribution in [0.1, 0.15) is 11.5 Å². The third-order valence-electron chi connectivity index (χ3n) is 1.50. The molecule has 5 heteroatoms. The van der Waals surface area contributed by atoms with Crippen molar-refractivity contribution in [3.63, 3.8) is 0 Å². The smallest absolute Gasteiger partial charge is 0.130 e. The van der Waals surface area contributed by atoms with Gasteiger partial charge in [0.1, 0.15) is 18.1 Å². The van der Waals surface area contributed by atoms with Crippen molar-refractivity contribution < 1.29 is 9.15 Å². The number of methoxy groups -OCH3 is 1. The van der Waals surface area contributed by atoms with Gasteiger partial charge in [-0.2, -0.15) is 0 Å². The lowest BCUT2D eigenvalue weighted by molar-refractivity contribution is 0.164. The third-order valence-corrected chi connectivity index (χ3v) is 1.50. The zero-order valence-electron chi connectivity index (χ0n) is 7.88. The van der Waals surface area contributed by atoms with E-state index in [-0.39, 0.29) is 0 Å². The van der Waals surface area contributed by atoms with E-state index in [1.807, 2.05) is 12.1 Å². The summed E-state index contributed by atoms with van der Waals surface area (Å²) in [5, 5.41) is 3.36. The molecule has 0 aliphatic rings. The van der Waals surface area contributed by atoms with Crippen LogP contribution in [0, 0.1) is 0 Å². The van der Waals surface area contributed by atoms with Crippen LogP contribution in [0.4, 0.5) is 0 Å². The topological polar surface area (TPSA) is 71.1 Å². The maximum absolute atomic E-state index is 8.02. The van der Waals surface area contributed by atoms with Gasteiger partial charge in [0.2, 0.25) is 0 Å². The van der Waals surface area contributed by atoms with E-state index in [1.165, 1.54) is 0 Å². The van der Waals surface area contributed by atoms with E-state index in [2.05, 4.69) is 10.0 Å². The average Bonchev–Trinajstić information content (AvgIpc) is 2.61. The minimum atomic E-state index is 0.330. The molecule has 5 nitrogen and oxygen atoms in total. The van der Waals surface area contributed by atoms with Crippen molar-refractivity contribution in [2.45, 2.75) is 6.61 Å². The minimum absolute atomic E-state index is 0.330. The fraction of sp³-hybridized carbons (Fsp3) is 0.333. The van der Waals surface area contributed by atoms with E-state index in [4.69, 9.17) is 14.7 Å². The summed E-state index contributed by atoms with van der Waals surface area (Å²) in [7, 11) is 1.61. The lowest BCUT2D eigenvalue weighted by Gasteiger charge is -1.91. The van der Waals surface area contributed by atoms with Gasteiger partial charge >= 0.3 is 0 Å². The first-order valence-corrected chi connectivity index (χ1v) is 4.12. The number of furan rings is 1. The summed E-state index contributed by atoms with van der Waals surface area (Å²) in [6, 6.07) is 3.68. The Morgan fingerprint density at radius 1 is 1.64 bits per heavy atom. The fourth-order valence-electron chi connectivity index (χ4n) is 0.956. The van der Waals surface area contributed by atoms with Crippen LogP contribution in [0.5, 0.6) is 0 Å². The number of nitrogens with zero attached hydrogens (tertiary/aromatic N) is 3. The summed E-state index contributed by atoms with van der Waals surface area (Å²) in [6.45, 7) is 0.793. The Kier molecular flexibility index (Phi) is 4.34. The second-order valence-electron chi connectivity index (χ2n) is 2.55. The van der Waals surface area contributed by atoms with Crippen LogP contribution in [0.3, 0.4) is 0 Å². The van der Waals surface area contributed by atoms with Crippen molar-refractivity contribution in [2.75, 3.05) is 13.7 Å². The largest absolute Gasteiger partial charge is 0.459 e. The summed E-state index contributed by atoms with van der Waals surface area (Å²) in [5.41, 5.74) is 8.02. The Morgan fingerprint density at radius 3 is 3.21 bits per heavy atom.